The van der Waals surface area contributed by atoms with Gasteiger partial charge in [-0.2, -0.15) is 4.98 Å². The van der Waals surface area contributed by atoms with E-state index in [0.717, 1.165) is 18.5 Å². The van der Waals surface area contributed by atoms with Crippen LogP contribution in [0.1, 0.15) is 48.2 Å². The van der Waals surface area contributed by atoms with Gasteiger partial charge in [-0.15, -0.1) is 0 Å². The van der Waals surface area contributed by atoms with Gasteiger partial charge in [-0.1, -0.05) is 19.3 Å². The number of halogens is 1. The topological polar surface area (TPSA) is 51.3 Å². The third-order valence-electron chi connectivity index (χ3n) is 5.27. The van der Waals surface area contributed by atoms with E-state index in [2.05, 4.69) is 15.6 Å². The Morgan fingerprint density at radius 1 is 1.31 bits per heavy atom. The highest BCUT2D eigenvalue weighted by Crippen LogP contribution is 2.27. The third kappa shape index (κ3) is 3.36. The fraction of sp³-hybridized carbons (Fsp3) is 0.400. The normalized spacial score (nSPS) is 15.5. The first kappa shape index (κ1) is 17.2. The number of carbonyl (C=O) groups is 1. The molecule has 0 aliphatic heterocycles. The maximum atomic E-state index is 13.4. The van der Waals surface area contributed by atoms with Crippen LogP contribution < -0.4 is 0 Å². The fourth-order valence-electron chi connectivity index (χ4n) is 3.79. The van der Waals surface area contributed by atoms with Crippen molar-refractivity contribution in [3.8, 4) is 0 Å². The summed E-state index contributed by atoms with van der Waals surface area (Å²) >= 11 is 5.84. The smallest absolute Gasteiger partial charge is 0.293 e. The van der Waals surface area contributed by atoms with Crippen molar-refractivity contribution in [2.45, 2.75) is 44.7 Å². The van der Waals surface area contributed by atoms with Gasteiger partial charge in [0.05, 0.1) is 6.54 Å². The van der Waals surface area contributed by atoms with E-state index in [9.17, 15) is 4.79 Å². The van der Waals surface area contributed by atoms with Crippen LogP contribution in [0.25, 0.3) is 11.1 Å². The molecule has 2 aromatic heterocycles. The van der Waals surface area contributed by atoms with Crippen LogP contribution in [-0.4, -0.2) is 26.4 Å². The monoisotopic (exact) mass is 371 g/mol. The number of aryl methyl sites for hydroxylation is 1. The molecule has 0 bridgehead atoms. The predicted molar refractivity (Wildman–Crippen MR) is 101 cm³/mol. The Labute approximate surface area is 157 Å². The summed E-state index contributed by atoms with van der Waals surface area (Å²) in [5.41, 5.74) is 2.97. The molecular weight excluding hydrogens is 350 g/mol. The van der Waals surface area contributed by atoms with Gasteiger partial charge in [-0.3, -0.25) is 4.79 Å². The molecule has 0 atom stereocenters. The van der Waals surface area contributed by atoms with Crippen LogP contribution in [0.5, 0.6) is 0 Å². The summed E-state index contributed by atoms with van der Waals surface area (Å²) in [6, 6.07) is 9.71. The van der Waals surface area contributed by atoms with Gasteiger partial charge in [0.15, 0.2) is 5.58 Å². The van der Waals surface area contributed by atoms with Crippen molar-refractivity contribution in [2.24, 2.45) is 7.05 Å². The molecule has 0 saturated heterocycles. The van der Waals surface area contributed by atoms with Crippen LogP contribution in [0.3, 0.4) is 0 Å². The molecule has 6 heteroatoms. The van der Waals surface area contributed by atoms with Gasteiger partial charge < -0.3 is 13.9 Å². The molecule has 0 radical (unpaired) electrons. The number of amides is 1. The standard InChI is InChI=1S/C20H22ClN3O2/c1-23-11-5-8-16(23)13-24(15-6-3-2-4-7-15)19(25)14-9-10-18-17(12-14)22-20(21)26-18/h5,8-12,15H,2-4,6-7,13H2,1H3. The second-order valence-electron chi connectivity index (χ2n) is 6.98. The Hall–Kier alpha value is -2.27. The van der Waals surface area contributed by atoms with Crippen molar-refractivity contribution < 1.29 is 9.21 Å². The number of hydrogen-bond acceptors (Lipinski definition) is 3. The van der Waals surface area contributed by atoms with E-state index in [1.165, 1.54) is 19.3 Å². The minimum Gasteiger partial charge on any atom is -0.428 e. The summed E-state index contributed by atoms with van der Waals surface area (Å²) in [5.74, 6) is 0.0409. The second kappa shape index (κ2) is 7.16. The lowest BCUT2D eigenvalue weighted by molar-refractivity contribution is 0.0609. The molecule has 136 valence electrons. The van der Waals surface area contributed by atoms with Gasteiger partial charge in [0.25, 0.3) is 11.3 Å². The van der Waals surface area contributed by atoms with Crippen molar-refractivity contribution >= 4 is 28.6 Å². The fourth-order valence-corrected chi connectivity index (χ4v) is 3.97. The molecule has 1 saturated carbocycles. The number of fused-ring (bicyclic) bond motifs is 1. The molecule has 1 aromatic carbocycles. The minimum absolute atomic E-state index is 0.0409. The molecule has 1 aliphatic rings. The van der Waals surface area contributed by atoms with Gasteiger partial charge in [0, 0.05) is 30.5 Å². The molecule has 4 rings (SSSR count). The van der Waals surface area contributed by atoms with Crippen LogP contribution in [0, 0.1) is 0 Å². The van der Waals surface area contributed by atoms with Gasteiger partial charge in [-0.05, 0) is 54.8 Å². The van der Waals surface area contributed by atoms with Crippen LogP contribution in [-0.2, 0) is 13.6 Å². The zero-order chi connectivity index (χ0) is 18.1. The lowest BCUT2D eigenvalue weighted by Gasteiger charge is -2.34. The van der Waals surface area contributed by atoms with E-state index in [1.807, 2.05) is 24.2 Å². The Balaban J connectivity index is 1.66. The first-order chi connectivity index (χ1) is 12.6. The van der Waals surface area contributed by atoms with Crippen molar-refractivity contribution in [2.75, 3.05) is 0 Å². The molecular formula is C20H22ClN3O2. The van der Waals surface area contributed by atoms with Gasteiger partial charge in [0.1, 0.15) is 5.52 Å². The summed E-state index contributed by atoms with van der Waals surface area (Å²) in [4.78, 5) is 19.5. The molecule has 26 heavy (non-hydrogen) atoms. The zero-order valence-corrected chi connectivity index (χ0v) is 15.6. The molecule has 0 unspecified atom stereocenters. The summed E-state index contributed by atoms with van der Waals surface area (Å²) in [5, 5.41) is 0.0949. The van der Waals surface area contributed by atoms with Gasteiger partial charge in [0.2, 0.25) is 0 Å². The quantitative estimate of drug-likeness (QED) is 0.662. The molecule has 1 amide bonds. The van der Waals surface area contributed by atoms with E-state index in [4.69, 9.17) is 16.0 Å². The maximum absolute atomic E-state index is 13.4. The number of oxazole rings is 1. The highest BCUT2D eigenvalue weighted by atomic mass is 35.5. The summed E-state index contributed by atoms with van der Waals surface area (Å²) < 4.78 is 7.38. The van der Waals surface area contributed by atoms with Crippen LogP contribution in [0.2, 0.25) is 5.35 Å². The molecule has 2 heterocycles. The van der Waals surface area contributed by atoms with E-state index in [-0.39, 0.29) is 17.3 Å². The number of benzene rings is 1. The maximum Gasteiger partial charge on any atom is 0.293 e. The molecule has 0 N–H and O–H groups in total. The molecule has 0 spiro atoms. The molecule has 3 aromatic rings. The van der Waals surface area contributed by atoms with E-state index < -0.39 is 0 Å². The SMILES string of the molecule is Cn1cccc1CN(C(=O)c1ccc2oc(Cl)nc2c1)C1CCCCC1. The Morgan fingerprint density at radius 2 is 2.12 bits per heavy atom. The zero-order valence-electron chi connectivity index (χ0n) is 14.8. The van der Waals surface area contributed by atoms with Gasteiger partial charge >= 0.3 is 0 Å². The summed E-state index contributed by atoms with van der Waals surface area (Å²) in [7, 11) is 2.02. The van der Waals surface area contributed by atoms with Crippen LogP contribution >= 0.6 is 11.6 Å². The Kier molecular flexibility index (Phi) is 4.72. The lowest BCUT2D eigenvalue weighted by atomic mass is 9.93. The van der Waals surface area contributed by atoms with Crippen LogP contribution in [0.15, 0.2) is 40.9 Å². The van der Waals surface area contributed by atoms with E-state index in [0.29, 0.717) is 23.2 Å². The first-order valence-electron chi connectivity index (χ1n) is 9.09. The van der Waals surface area contributed by atoms with Crippen LogP contribution in [0.4, 0.5) is 0 Å². The number of rotatable bonds is 4. The Bertz CT molecular complexity index is 924. The average Bonchev–Trinajstić information content (AvgIpc) is 3.23. The van der Waals surface area contributed by atoms with Gasteiger partial charge in [-0.25, -0.2) is 0 Å². The number of aromatic nitrogens is 2. The lowest BCUT2D eigenvalue weighted by Crippen LogP contribution is -2.41. The Morgan fingerprint density at radius 3 is 2.85 bits per heavy atom. The molecule has 1 aliphatic carbocycles. The van der Waals surface area contributed by atoms with E-state index in [1.54, 1.807) is 18.2 Å². The summed E-state index contributed by atoms with van der Waals surface area (Å²) in [6.45, 7) is 0.616. The number of nitrogens with zero attached hydrogens (tertiary/aromatic N) is 3. The molecule has 1 fully saturated rings. The van der Waals surface area contributed by atoms with Crippen molar-refractivity contribution in [3.05, 3.63) is 53.1 Å². The predicted octanol–water partition coefficient (Wildman–Crippen LogP) is 4.79. The van der Waals surface area contributed by atoms with Crippen molar-refractivity contribution in [1.29, 1.82) is 0 Å². The first-order valence-corrected chi connectivity index (χ1v) is 9.47. The average molecular weight is 372 g/mol. The minimum atomic E-state index is 0.0409. The highest BCUT2D eigenvalue weighted by molar-refractivity contribution is 6.28. The largest absolute Gasteiger partial charge is 0.428 e. The second-order valence-corrected chi connectivity index (χ2v) is 7.31. The summed E-state index contributed by atoms with van der Waals surface area (Å²) in [6.07, 6.45) is 7.76. The van der Waals surface area contributed by atoms with Crippen molar-refractivity contribution in [1.82, 2.24) is 14.5 Å². The number of hydrogen-bond donors (Lipinski definition) is 0. The van der Waals surface area contributed by atoms with E-state index >= 15 is 0 Å². The third-order valence-corrected chi connectivity index (χ3v) is 5.43. The van der Waals surface area contributed by atoms with Crippen molar-refractivity contribution in [3.63, 3.8) is 0 Å². The molecule has 5 nitrogen and oxygen atoms in total. The number of carbonyl (C=O) groups excluding carboxylic acids is 1. The highest BCUT2D eigenvalue weighted by Gasteiger charge is 2.27.